The van der Waals surface area contributed by atoms with E-state index in [-0.39, 0.29) is 0 Å². The molecule has 2 N–H and O–H groups in total. The van der Waals surface area contributed by atoms with Gasteiger partial charge in [0.2, 0.25) is 5.95 Å². The molecule has 1 aromatic carbocycles. The van der Waals surface area contributed by atoms with E-state index in [1.807, 2.05) is 24.3 Å². The van der Waals surface area contributed by atoms with E-state index in [9.17, 15) is 0 Å². The van der Waals surface area contributed by atoms with Gasteiger partial charge in [-0.1, -0.05) is 23.7 Å². The molecule has 0 aliphatic heterocycles. The summed E-state index contributed by atoms with van der Waals surface area (Å²) < 4.78 is 0. The van der Waals surface area contributed by atoms with Crippen molar-refractivity contribution < 1.29 is 0 Å². The number of aromatic nitrogens is 3. The van der Waals surface area contributed by atoms with Crippen LogP contribution < -0.4 is 10.6 Å². The van der Waals surface area contributed by atoms with Gasteiger partial charge in [-0.05, 0) is 51.2 Å². The predicted molar refractivity (Wildman–Crippen MR) is 95.1 cm³/mol. The van der Waals surface area contributed by atoms with E-state index in [4.69, 9.17) is 11.6 Å². The average Bonchev–Trinajstić information content (AvgIpc) is 2.54. The average molecular weight is 335 g/mol. The Hall–Kier alpha value is -1.92. The standard InChI is InChI=1S/C16H23ClN6/c1-23(2)11-3-9-19-16-21-15(12-20-22-16)18-10-8-13-4-6-14(17)7-5-13/h4-7,12H,3,8-11H2,1-2H3,(H2,18,19,21,22). The zero-order chi connectivity index (χ0) is 16.5. The molecule has 23 heavy (non-hydrogen) atoms. The van der Waals surface area contributed by atoms with Crippen LogP contribution in [0.3, 0.4) is 0 Å². The van der Waals surface area contributed by atoms with E-state index in [0.717, 1.165) is 43.3 Å². The molecule has 0 aliphatic rings. The second kappa shape index (κ2) is 9.27. The Morgan fingerprint density at radius 3 is 2.61 bits per heavy atom. The molecule has 1 aromatic heterocycles. The number of rotatable bonds is 9. The molecule has 124 valence electrons. The van der Waals surface area contributed by atoms with Gasteiger partial charge in [0.15, 0.2) is 5.82 Å². The van der Waals surface area contributed by atoms with Crippen molar-refractivity contribution in [1.29, 1.82) is 0 Å². The molecule has 0 unspecified atom stereocenters. The largest absolute Gasteiger partial charge is 0.368 e. The maximum absolute atomic E-state index is 5.88. The van der Waals surface area contributed by atoms with E-state index in [0.29, 0.717) is 5.95 Å². The lowest BCUT2D eigenvalue weighted by Gasteiger charge is -2.10. The second-order valence-corrected chi connectivity index (χ2v) is 5.99. The molecule has 0 radical (unpaired) electrons. The molecule has 1 heterocycles. The molecule has 0 saturated heterocycles. The molecular weight excluding hydrogens is 312 g/mol. The minimum Gasteiger partial charge on any atom is -0.368 e. The van der Waals surface area contributed by atoms with Crippen molar-refractivity contribution in [2.45, 2.75) is 12.8 Å². The van der Waals surface area contributed by atoms with Crippen molar-refractivity contribution in [3.8, 4) is 0 Å². The minimum absolute atomic E-state index is 0.556. The summed E-state index contributed by atoms with van der Waals surface area (Å²) in [6.45, 7) is 2.63. The topological polar surface area (TPSA) is 66.0 Å². The van der Waals surface area contributed by atoms with Crippen LogP contribution in [0, 0.1) is 0 Å². The lowest BCUT2D eigenvalue weighted by molar-refractivity contribution is 0.405. The van der Waals surface area contributed by atoms with Crippen molar-refractivity contribution in [1.82, 2.24) is 20.1 Å². The third-order valence-corrected chi connectivity index (χ3v) is 3.51. The molecule has 7 heteroatoms. The molecule has 6 nitrogen and oxygen atoms in total. The maximum Gasteiger partial charge on any atom is 0.244 e. The van der Waals surface area contributed by atoms with Gasteiger partial charge < -0.3 is 15.5 Å². The van der Waals surface area contributed by atoms with Crippen LogP contribution in [0.4, 0.5) is 11.8 Å². The first-order chi connectivity index (χ1) is 11.1. The van der Waals surface area contributed by atoms with Gasteiger partial charge in [0.25, 0.3) is 0 Å². The van der Waals surface area contributed by atoms with Gasteiger partial charge in [-0.25, -0.2) is 0 Å². The lowest BCUT2D eigenvalue weighted by atomic mass is 10.1. The summed E-state index contributed by atoms with van der Waals surface area (Å²) in [5.41, 5.74) is 1.23. The molecule has 0 aliphatic carbocycles. The van der Waals surface area contributed by atoms with Crippen molar-refractivity contribution >= 4 is 23.4 Å². The predicted octanol–water partition coefficient (Wildman–Crippen LogP) is 2.54. The van der Waals surface area contributed by atoms with Gasteiger partial charge in [0, 0.05) is 18.1 Å². The number of hydrogen-bond donors (Lipinski definition) is 2. The minimum atomic E-state index is 0.556. The summed E-state index contributed by atoms with van der Waals surface area (Å²) in [6.07, 6.45) is 3.56. The van der Waals surface area contributed by atoms with Crippen molar-refractivity contribution in [3.05, 3.63) is 41.0 Å². The highest BCUT2D eigenvalue weighted by atomic mass is 35.5. The van der Waals surface area contributed by atoms with Crippen LogP contribution >= 0.6 is 11.6 Å². The van der Waals surface area contributed by atoms with E-state index in [1.54, 1.807) is 6.20 Å². The number of nitrogens with zero attached hydrogens (tertiary/aromatic N) is 4. The first-order valence-corrected chi connectivity index (χ1v) is 8.08. The van der Waals surface area contributed by atoms with Crippen molar-refractivity contribution in [2.75, 3.05) is 44.4 Å². The highest BCUT2D eigenvalue weighted by Gasteiger charge is 2.00. The monoisotopic (exact) mass is 334 g/mol. The Morgan fingerprint density at radius 1 is 1.09 bits per heavy atom. The van der Waals surface area contributed by atoms with Gasteiger partial charge in [-0.3, -0.25) is 0 Å². The van der Waals surface area contributed by atoms with Crippen LogP contribution in [-0.4, -0.2) is 53.8 Å². The number of nitrogens with one attached hydrogen (secondary N) is 2. The number of hydrogen-bond acceptors (Lipinski definition) is 6. The molecule has 0 fully saturated rings. The Balaban J connectivity index is 1.74. The second-order valence-electron chi connectivity index (χ2n) is 5.55. The number of benzene rings is 1. The number of halogens is 1. The lowest BCUT2D eigenvalue weighted by Crippen LogP contribution is -2.17. The third-order valence-electron chi connectivity index (χ3n) is 3.26. The summed E-state index contributed by atoms with van der Waals surface area (Å²) in [5.74, 6) is 1.28. The number of anilines is 2. The zero-order valence-corrected chi connectivity index (χ0v) is 14.3. The molecule has 0 amide bonds. The Labute approximate surface area is 142 Å². The normalized spacial score (nSPS) is 10.8. The molecule has 2 rings (SSSR count). The van der Waals surface area contributed by atoms with E-state index >= 15 is 0 Å². The maximum atomic E-state index is 5.88. The summed E-state index contributed by atoms with van der Waals surface area (Å²) >= 11 is 5.88. The fourth-order valence-corrected chi connectivity index (χ4v) is 2.17. The first-order valence-electron chi connectivity index (χ1n) is 7.70. The Bertz CT molecular complexity index is 587. The van der Waals surface area contributed by atoms with Crippen LogP contribution in [0.25, 0.3) is 0 Å². The fraction of sp³-hybridized carbons (Fsp3) is 0.438. The smallest absolute Gasteiger partial charge is 0.244 e. The molecule has 2 aromatic rings. The molecular formula is C16H23ClN6. The van der Waals surface area contributed by atoms with Crippen LogP contribution in [-0.2, 0) is 6.42 Å². The fourth-order valence-electron chi connectivity index (χ4n) is 2.05. The summed E-state index contributed by atoms with van der Waals surface area (Å²) in [4.78, 5) is 6.55. The van der Waals surface area contributed by atoms with Gasteiger partial charge in [0.05, 0.1) is 6.20 Å². The zero-order valence-electron chi connectivity index (χ0n) is 13.6. The van der Waals surface area contributed by atoms with Crippen LogP contribution in [0.5, 0.6) is 0 Å². The Morgan fingerprint density at radius 2 is 1.87 bits per heavy atom. The van der Waals surface area contributed by atoms with Crippen molar-refractivity contribution in [3.63, 3.8) is 0 Å². The van der Waals surface area contributed by atoms with Gasteiger partial charge in [0.1, 0.15) is 0 Å². The third kappa shape index (κ3) is 6.80. The molecule has 0 spiro atoms. The van der Waals surface area contributed by atoms with Crippen LogP contribution in [0.1, 0.15) is 12.0 Å². The highest BCUT2D eigenvalue weighted by Crippen LogP contribution is 2.10. The van der Waals surface area contributed by atoms with E-state index in [2.05, 4.69) is 44.8 Å². The summed E-state index contributed by atoms with van der Waals surface area (Å²) in [6, 6.07) is 7.86. The molecule has 0 saturated carbocycles. The SMILES string of the molecule is CN(C)CCCNc1nncc(NCCc2ccc(Cl)cc2)n1. The van der Waals surface area contributed by atoms with E-state index in [1.165, 1.54) is 5.56 Å². The van der Waals surface area contributed by atoms with E-state index < -0.39 is 0 Å². The quantitative estimate of drug-likeness (QED) is 0.687. The van der Waals surface area contributed by atoms with Gasteiger partial charge in [-0.2, -0.15) is 10.1 Å². The summed E-state index contributed by atoms with van der Waals surface area (Å²) in [7, 11) is 4.12. The van der Waals surface area contributed by atoms with Crippen molar-refractivity contribution in [2.24, 2.45) is 0 Å². The van der Waals surface area contributed by atoms with Crippen LogP contribution in [0.2, 0.25) is 5.02 Å². The Kier molecular flexibility index (Phi) is 7.03. The first kappa shape index (κ1) is 17.4. The highest BCUT2D eigenvalue weighted by molar-refractivity contribution is 6.30. The van der Waals surface area contributed by atoms with Gasteiger partial charge >= 0.3 is 0 Å². The molecule has 0 bridgehead atoms. The molecule has 0 atom stereocenters. The van der Waals surface area contributed by atoms with Crippen LogP contribution in [0.15, 0.2) is 30.5 Å². The van der Waals surface area contributed by atoms with Gasteiger partial charge in [-0.15, -0.1) is 5.10 Å². The summed E-state index contributed by atoms with van der Waals surface area (Å²) in [5, 5.41) is 15.2.